The number of hydrogen-bond donors (Lipinski definition) is 0. The fourth-order valence-electron chi connectivity index (χ4n) is 0.768. The Balaban J connectivity index is 2.18. The molecule has 0 radical (unpaired) electrons. The van der Waals surface area contributed by atoms with Crippen LogP contribution in [-0.4, -0.2) is 24.8 Å². The van der Waals surface area contributed by atoms with Crippen LogP contribution in [0.25, 0.3) is 0 Å². The van der Waals surface area contributed by atoms with E-state index in [1.165, 1.54) is 6.08 Å². The molecule has 0 saturated carbocycles. The minimum atomic E-state index is -0.296. The highest BCUT2D eigenvalue weighted by Crippen LogP contribution is 2.21. The van der Waals surface area contributed by atoms with Gasteiger partial charge in [0.1, 0.15) is 6.10 Å². The fourth-order valence-corrected chi connectivity index (χ4v) is 0.768. The van der Waals surface area contributed by atoms with Crippen LogP contribution in [0.15, 0.2) is 12.2 Å². The van der Waals surface area contributed by atoms with Crippen LogP contribution in [0.1, 0.15) is 13.8 Å². The summed E-state index contributed by atoms with van der Waals surface area (Å²) in [6.45, 7) is 4.16. The Hall–Kier alpha value is -0.830. The van der Waals surface area contributed by atoms with E-state index < -0.39 is 0 Å². The van der Waals surface area contributed by atoms with Crippen molar-refractivity contribution in [2.75, 3.05) is 6.61 Å². The molecule has 1 rings (SSSR count). The molecule has 11 heavy (non-hydrogen) atoms. The molecule has 2 unspecified atom stereocenters. The van der Waals surface area contributed by atoms with Gasteiger partial charge in [0.25, 0.3) is 0 Å². The summed E-state index contributed by atoms with van der Waals surface area (Å²) in [5.74, 6) is -0.296. The predicted molar refractivity (Wildman–Crippen MR) is 40.1 cm³/mol. The molecule has 1 aliphatic rings. The first-order valence-corrected chi connectivity index (χ1v) is 3.74. The van der Waals surface area contributed by atoms with Gasteiger partial charge in [-0.25, -0.2) is 4.79 Å². The second kappa shape index (κ2) is 3.53. The predicted octanol–water partition coefficient (Wildman–Crippen LogP) is 0.893. The highest BCUT2D eigenvalue weighted by molar-refractivity contribution is 5.82. The maximum Gasteiger partial charge on any atom is 0.330 e. The molecular weight excluding hydrogens is 144 g/mol. The second-order valence-electron chi connectivity index (χ2n) is 2.42. The van der Waals surface area contributed by atoms with Gasteiger partial charge in [0, 0.05) is 6.08 Å². The quantitative estimate of drug-likeness (QED) is 0.346. The molecule has 1 fully saturated rings. The molecule has 1 aliphatic heterocycles. The molecule has 1 saturated heterocycles. The zero-order valence-electron chi connectivity index (χ0n) is 6.74. The first-order chi connectivity index (χ1) is 5.24. The number of hydrogen-bond acceptors (Lipinski definition) is 3. The number of esters is 1. The summed E-state index contributed by atoms with van der Waals surface area (Å²) in [5.41, 5.74) is 0. The van der Waals surface area contributed by atoms with Crippen molar-refractivity contribution in [1.82, 2.24) is 0 Å². The number of carbonyl (C=O) groups excluding carboxylic acids is 1. The van der Waals surface area contributed by atoms with Gasteiger partial charge in [-0.2, -0.15) is 0 Å². The zero-order chi connectivity index (χ0) is 8.27. The summed E-state index contributed by atoms with van der Waals surface area (Å²) in [7, 11) is 0. The van der Waals surface area contributed by atoms with Crippen molar-refractivity contribution in [2.45, 2.75) is 26.1 Å². The Morgan fingerprint density at radius 1 is 1.73 bits per heavy atom. The van der Waals surface area contributed by atoms with Crippen LogP contribution in [0.3, 0.4) is 0 Å². The third-order valence-corrected chi connectivity index (χ3v) is 1.47. The van der Waals surface area contributed by atoms with E-state index in [9.17, 15) is 4.79 Å². The second-order valence-corrected chi connectivity index (χ2v) is 2.42. The van der Waals surface area contributed by atoms with E-state index >= 15 is 0 Å². The lowest BCUT2D eigenvalue weighted by atomic mass is 10.3. The molecular formula is C8H12O3. The Morgan fingerprint density at radius 2 is 2.36 bits per heavy atom. The van der Waals surface area contributed by atoms with Gasteiger partial charge in [0.05, 0.1) is 12.7 Å². The summed E-state index contributed by atoms with van der Waals surface area (Å²) in [6.07, 6.45) is 3.53. The summed E-state index contributed by atoms with van der Waals surface area (Å²) >= 11 is 0. The van der Waals surface area contributed by atoms with Crippen molar-refractivity contribution in [2.24, 2.45) is 0 Å². The Bertz CT molecular complexity index is 174. The first-order valence-electron chi connectivity index (χ1n) is 3.74. The Morgan fingerprint density at radius 3 is 2.82 bits per heavy atom. The molecule has 0 aromatic carbocycles. The molecule has 0 aromatic rings. The van der Waals surface area contributed by atoms with Gasteiger partial charge in [-0.15, -0.1) is 0 Å². The summed E-state index contributed by atoms with van der Waals surface area (Å²) < 4.78 is 9.72. The van der Waals surface area contributed by atoms with E-state index in [4.69, 9.17) is 4.74 Å². The number of carbonyl (C=O) groups is 1. The van der Waals surface area contributed by atoms with Crippen LogP contribution in [0.4, 0.5) is 0 Å². The fraction of sp³-hybridized carbons (Fsp3) is 0.625. The van der Waals surface area contributed by atoms with Crippen molar-refractivity contribution < 1.29 is 14.3 Å². The van der Waals surface area contributed by atoms with E-state index in [-0.39, 0.29) is 18.2 Å². The van der Waals surface area contributed by atoms with Crippen molar-refractivity contribution in [3.63, 3.8) is 0 Å². The molecule has 62 valence electrons. The van der Waals surface area contributed by atoms with Gasteiger partial charge >= 0.3 is 5.97 Å². The topological polar surface area (TPSA) is 38.8 Å². The van der Waals surface area contributed by atoms with Gasteiger partial charge in [-0.3, -0.25) is 0 Å². The van der Waals surface area contributed by atoms with Crippen molar-refractivity contribution in [3.8, 4) is 0 Å². The lowest BCUT2D eigenvalue weighted by Crippen LogP contribution is -1.99. The Kier molecular flexibility index (Phi) is 2.65. The molecule has 0 spiro atoms. The molecule has 3 nitrogen and oxygen atoms in total. The maximum atomic E-state index is 10.7. The van der Waals surface area contributed by atoms with Crippen LogP contribution in [0.5, 0.6) is 0 Å². The third kappa shape index (κ3) is 2.72. The van der Waals surface area contributed by atoms with Gasteiger partial charge < -0.3 is 9.47 Å². The largest absolute Gasteiger partial charge is 0.463 e. The molecule has 0 aromatic heterocycles. The van der Waals surface area contributed by atoms with Gasteiger partial charge in [-0.05, 0) is 19.9 Å². The number of epoxide rings is 1. The van der Waals surface area contributed by atoms with Gasteiger partial charge in [0.15, 0.2) is 0 Å². The van der Waals surface area contributed by atoms with Crippen LogP contribution >= 0.6 is 0 Å². The lowest BCUT2D eigenvalue weighted by Gasteiger charge is -1.92. The lowest BCUT2D eigenvalue weighted by molar-refractivity contribution is -0.137. The summed E-state index contributed by atoms with van der Waals surface area (Å²) in [5, 5.41) is 0. The van der Waals surface area contributed by atoms with Crippen molar-refractivity contribution in [1.29, 1.82) is 0 Å². The average molecular weight is 156 g/mol. The molecule has 1 heterocycles. The zero-order valence-corrected chi connectivity index (χ0v) is 6.74. The van der Waals surface area contributed by atoms with Crippen LogP contribution in [0, 0.1) is 0 Å². The molecule has 0 bridgehead atoms. The van der Waals surface area contributed by atoms with E-state index in [1.807, 2.05) is 6.92 Å². The SMILES string of the molecule is CCOC(=O)/C=C\C1OC1C. The van der Waals surface area contributed by atoms with E-state index in [1.54, 1.807) is 13.0 Å². The summed E-state index contributed by atoms with van der Waals surface area (Å²) in [4.78, 5) is 10.7. The molecule has 0 aliphatic carbocycles. The summed E-state index contributed by atoms with van der Waals surface area (Å²) in [6, 6.07) is 0. The average Bonchev–Trinajstić information content (AvgIpc) is 2.63. The van der Waals surface area contributed by atoms with Gasteiger partial charge in [-0.1, -0.05) is 0 Å². The van der Waals surface area contributed by atoms with Crippen LogP contribution in [0.2, 0.25) is 0 Å². The minimum Gasteiger partial charge on any atom is -0.463 e. The van der Waals surface area contributed by atoms with E-state index in [0.29, 0.717) is 6.61 Å². The van der Waals surface area contributed by atoms with Crippen LogP contribution in [-0.2, 0) is 14.3 Å². The highest BCUT2D eigenvalue weighted by atomic mass is 16.6. The highest BCUT2D eigenvalue weighted by Gasteiger charge is 2.31. The third-order valence-electron chi connectivity index (χ3n) is 1.47. The van der Waals surface area contributed by atoms with Crippen molar-refractivity contribution >= 4 is 5.97 Å². The first kappa shape index (κ1) is 8.27. The van der Waals surface area contributed by atoms with E-state index in [2.05, 4.69) is 4.74 Å². The van der Waals surface area contributed by atoms with Gasteiger partial charge in [0.2, 0.25) is 0 Å². The molecule has 0 amide bonds. The smallest absolute Gasteiger partial charge is 0.330 e. The standard InChI is InChI=1S/C8H12O3/c1-3-10-8(9)5-4-7-6(2)11-7/h4-7H,3H2,1-2H3/b5-4-. The van der Waals surface area contributed by atoms with E-state index in [0.717, 1.165) is 0 Å². The number of rotatable bonds is 3. The normalized spacial score (nSPS) is 28.9. The van der Waals surface area contributed by atoms with Crippen molar-refractivity contribution in [3.05, 3.63) is 12.2 Å². The number of ether oxygens (including phenoxy) is 2. The molecule has 2 atom stereocenters. The maximum absolute atomic E-state index is 10.7. The Labute approximate surface area is 66.0 Å². The molecule has 0 N–H and O–H groups in total. The molecule has 3 heteroatoms. The monoisotopic (exact) mass is 156 g/mol. The van der Waals surface area contributed by atoms with Crippen LogP contribution < -0.4 is 0 Å². The minimum absolute atomic E-state index is 0.124.